The van der Waals surface area contributed by atoms with Gasteiger partial charge in [0.25, 0.3) is 0 Å². The second-order valence-electron chi connectivity index (χ2n) is 6.23. The van der Waals surface area contributed by atoms with Gasteiger partial charge in [-0.1, -0.05) is 29.4 Å². The third-order valence-electron chi connectivity index (χ3n) is 4.52. The van der Waals surface area contributed by atoms with Crippen LogP contribution in [0.5, 0.6) is 0 Å². The van der Waals surface area contributed by atoms with E-state index in [1.807, 2.05) is 22.9 Å². The molecule has 128 valence electrons. The molecule has 5 nitrogen and oxygen atoms in total. The predicted molar refractivity (Wildman–Crippen MR) is 96.2 cm³/mol. The fourth-order valence-corrected chi connectivity index (χ4v) is 3.89. The number of carbonyl (C=O) groups is 1. The molecule has 1 aliphatic carbocycles. The molecule has 3 aromatic rings. The molecular formula is C19H19N3O2S. The molecule has 0 radical (unpaired) electrons. The third kappa shape index (κ3) is 3.64. The van der Waals surface area contributed by atoms with E-state index in [1.165, 1.54) is 11.1 Å². The molecule has 0 bridgehead atoms. The molecule has 1 aromatic carbocycles. The van der Waals surface area contributed by atoms with Crippen LogP contribution in [0, 0.1) is 0 Å². The summed E-state index contributed by atoms with van der Waals surface area (Å²) in [6.45, 7) is 0. The molecule has 0 spiro atoms. The lowest BCUT2D eigenvalue weighted by Crippen LogP contribution is -2.31. The van der Waals surface area contributed by atoms with Crippen LogP contribution in [0.3, 0.4) is 0 Å². The quantitative estimate of drug-likeness (QED) is 0.755. The molecule has 0 saturated heterocycles. The topological polar surface area (TPSA) is 68.0 Å². The van der Waals surface area contributed by atoms with E-state index in [9.17, 15) is 4.79 Å². The average Bonchev–Trinajstić information content (AvgIpc) is 3.32. The van der Waals surface area contributed by atoms with Crippen molar-refractivity contribution < 1.29 is 9.32 Å². The summed E-state index contributed by atoms with van der Waals surface area (Å²) in [6, 6.07) is 10.4. The molecule has 1 unspecified atom stereocenters. The molecule has 4 rings (SSSR count). The fourth-order valence-electron chi connectivity index (χ4n) is 3.26. The normalized spacial score (nSPS) is 16.4. The summed E-state index contributed by atoms with van der Waals surface area (Å²) in [5, 5.41) is 11.1. The number of hydrogen-bond donors (Lipinski definition) is 1. The van der Waals surface area contributed by atoms with Crippen LogP contribution >= 0.6 is 11.3 Å². The predicted octanol–water partition coefficient (Wildman–Crippen LogP) is 3.92. The highest BCUT2D eigenvalue weighted by Gasteiger charge is 2.21. The number of aromatic nitrogens is 2. The van der Waals surface area contributed by atoms with Gasteiger partial charge in [0.15, 0.2) is 0 Å². The molecule has 6 heteroatoms. The standard InChI is InChI=1S/C19H19N3O2S/c23-17(20-16-7-3-5-13-4-1-2-6-15(13)16)8-9-18-21-19(22-24-18)14-10-11-25-12-14/h1-2,4,6,10-12,16H,3,5,7-9H2,(H,20,23). The van der Waals surface area contributed by atoms with Gasteiger partial charge < -0.3 is 9.84 Å². The fraction of sp³-hybridized carbons (Fsp3) is 0.316. The van der Waals surface area contributed by atoms with Gasteiger partial charge in [0.2, 0.25) is 17.6 Å². The maximum atomic E-state index is 12.3. The SMILES string of the molecule is O=C(CCc1nc(-c2ccsc2)no1)NC1CCCc2ccccc21. The lowest BCUT2D eigenvalue weighted by Gasteiger charge is -2.26. The van der Waals surface area contributed by atoms with Crippen LogP contribution in [0.4, 0.5) is 0 Å². The first-order valence-electron chi connectivity index (χ1n) is 8.52. The summed E-state index contributed by atoms with van der Waals surface area (Å²) >= 11 is 1.59. The average molecular weight is 353 g/mol. The van der Waals surface area contributed by atoms with Crippen molar-refractivity contribution in [3.8, 4) is 11.4 Å². The summed E-state index contributed by atoms with van der Waals surface area (Å²) < 4.78 is 5.25. The summed E-state index contributed by atoms with van der Waals surface area (Å²) in [4.78, 5) is 16.7. The van der Waals surface area contributed by atoms with E-state index in [0.717, 1.165) is 24.8 Å². The summed E-state index contributed by atoms with van der Waals surface area (Å²) in [6.07, 6.45) is 4.00. The van der Waals surface area contributed by atoms with E-state index < -0.39 is 0 Å². The van der Waals surface area contributed by atoms with Crippen LogP contribution in [-0.2, 0) is 17.6 Å². The van der Waals surface area contributed by atoms with E-state index in [4.69, 9.17) is 4.52 Å². The summed E-state index contributed by atoms with van der Waals surface area (Å²) in [7, 11) is 0. The third-order valence-corrected chi connectivity index (χ3v) is 5.20. The number of fused-ring (bicyclic) bond motifs is 1. The number of thiophene rings is 1. The zero-order valence-corrected chi connectivity index (χ0v) is 14.6. The highest BCUT2D eigenvalue weighted by molar-refractivity contribution is 7.08. The van der Waals surface area contributed by atoms with Crippen LogP contribution in [0.2, 0.25) is 0 Å². The van der Waals surface area contributed by atoms with E-state index in [1.54, 1.807) is 11.3 Å². The Morgan fingerprint density at radius 3 is 3.12 bits per heavy atom. The first-order valence-corrected chi connectivity index (χ1v) is 9.46. The van der Waals surface area contributed by atoms with Gasteiger partial charge in [-0.05, 0) is 41.8 Å². The molecular weight excluding hydrogens is 334 g/mol. The molecule has 0 saturated carbocycles. The Balaban J connectivity index is 1.34. The summed E-state index contributed by atoms with van der Waals surface area (Å²) in [5.41, 5.74) is 3.54. The zero-order chi connectivity index (χ0) is 17.1. The van der Waals surface area contributed by atoms with Gasteiger partial charge in [-0.3, -0.25) is 4.79 Å². The van der Waals surface area contributed by atoms with Crippen molar-refractivity contribution in [3.63, 3.8) is 0 Å². The van der Waals surface area contributed by atoms with Crippen molar-refractivity contribution in [2.45, 2.75) is 38.1 Å². The molecule has 1 atom stereocenters. The second-order valence-corrected chi connectivity index (χ2v) is 7.01. The van der Waals surface area contributed by atoms with Gasteiger partial charge in [0.1, 0.15) is 0 Å². The van der Waals surface area contributed by atoms with Crippen LogP contribution in [0.1, 0.15) is 42.3 Å². The molecule has 0 aliphatic heterocycles. The largest absolute Gasteiger partial charge is 0.349 e. The second kappa shape index (κ2) is 7.19. The number of rotatable bonds is 5. The van der Waals surface area contributed by atoms with Crippen LogP contribution in [0.25, 0.3) is 11.4 Å². The Labute approximate surface area is 150 Å². The van der Waals surface area contributed by atoms with E-state index in [0.29, 0.717) is 24.6 Å². The molecule has 1 N–H and O–H groups in total. The highest BCUT2D eigenvalue weighted by atomic mass is 32.1. The number of amides is 1. The summed E-state index contributed by atoms with van der Waals surface area (Å²) in [5.74, 6) is 1.11. The zero-order valence-electron chi connectivity index (χ0n) is 13.8. The Morgan fingerprint density at radius 1 is 1.32 bits per heavy atom. The number of carbonyl (C=O) groups excluding carboxylic acids is 1. The number of nitrogens with one attached hydrogen (secondary N) is 1. The van der Waals surface area contributed by atoms with Gasteiger partial charge in [0.05, 0.1) is 6.04 Å². The highest BCUT2D eigenvalue weighted by Crippen LogP contribution is 2.29. The van der Waals surface area contributed by atoms with Gasteiger partial charge in [0, 0.05) is 23.8 Å². The Hall–Kier alpha value is -2.47. The number of nitrogens with zero attached hydrogens (tertiary/aromatic N) is 2. The van der Waals surface area contributed by atoms with E-state index >= 15 is 0 Å². The van der Waals surface area contributed by atoms with E-state index in [2.05, 4.69) is 33.7 Å². The molecule has 2 aromatic heterocycles. The first-order chi connectivity index (χ1) is 12.3. The minimum Gasteiger partial charge on any atom is -0.349 e. The van der Waals surface area contributed by atoms with Gasteiger partial charge in [-0.15, -0.1) is 0 Å². The van der Waals surface area contributed by atoms with Crippen molar-refractivity contribution in [2.24, 2.45) is 0 Å². The number of aryl methyl sites for hydroxylation is 2. The van der Waals surface area contributed by atoms with Gasteiger partial charge >= 0.3 is 0 Å². The molecule has 25 heavy (non-hydrogen) atoms. The smallest absolute Gasteiger partial charge is 0.227 e. The van der Waals surface area contributed by atoms with Crippen molar-refractivity contribution in [2.75, 3.05) is 0 Å². The van der Waals surface area contributed by atoms with Crippen molar-refractivity contribution in [3.05, 3.63) is 58.1 Å². The minimum absolute atomic E-state index is 0.0250. The van der Waals surface area contributed by atoms with Crippen molar-refractivity contribution in [1.29, 1.82) is 0 Å². The van der Waals surface area contributed by atoms with Crippen molar-refractivity contribution in [1.82, 2.24) is 15.5 Å². The van der Waals surface area contributed by atoms with Crippen molar-refractivity contribution >= 4 is 17.2 Å². The number of hydrogen-bond acceptors (Lipinski definition) is 5. The maximum Gasteiger partial charge on any atom is 0.227 e. The molecule has 1 amide bonds. The van der Waals surface area contributed by atoms with Crippen LogP contribution in [0.15, 0.2) is 45.6 Å². The minimum atomic E-state index is 0.0250. The van der Waals surface area contributed by atoms with Gasteiger partial charge in [-0.2, -0.15) is 16.3 Å². The monoisotopic (exact) mass is 353 g/mol. The molecule has 2 heterocycles. The first kappa shape index (κ1) is 16.0. The molecule has 1 aliphatic rings. The Kier molecular flexibility index (Phi) is 4.61. The van der Waals surface area contributed by atoms with Gasteiger partial charge in [-0.25, -0.2) is 0 Å². The van der Waals surface area contributed by atoms with Crippen LogP contribution in [-0.4, -0.2) is 16.0 Å². The van der Waals surface area contributed by atoms with Crippen LogP contribution < -0.4 is 5.32 Å². The lowest BCUT2D eigenvalue weighted by atomic mass is 9.87. The Morgan fingerprint density at radius 2 is 2.24 bits per heavy atom. The number of benzene rings is 1. The Bertz CT molecular complexity index is 857. The maximum absolute atomic E-state index is 12.3. The molecule has 0 fully saturated rings. The lowest BCUT2D eigenvalue weighted by molar-refractivity contribution is -0.122. The van der Waals surface area contributed by atoms with E-state index in [-0.39, 0.29) is 11.9 Å².